The number of aliphatic imine (C=N–C) groups is 1. The number of benzene rings is 3. The molecule has 1 aliphatic heterocycles. The van der Waals surface area contributed by atoms with Crippen molar-refractivity contribution in [1.82, 2.24) is 4.98 Å². The van der Waals surface area contributed by atoms with Crippen molar-refractivity contribution in [2.75, 3.05) is 0 Å². The van der Waals surface area contributed by atoms with Gasteiger partial charge in [0.15, 0.2) is 0 Å². The molecule has 0 amide bonds. The second kappa shape index (κ2) is 7.50. The van der Waals surface area contributed by atoms with Crippen LogP contribution < -0.4 is 0 Å². The summed E-state index contributed by atoms with van der Waals surface area (Å²) >= 11 is 7.03. The number of aromatic nitrogens is 1. The van der Waals surface area contributed by atoms with Crippen LogP contribution in [-0.2, 0) is 6.18 Å². The van der Waals surface area contributed by atoms with E-state index in [-0.39, 0.29) is 0 Å². The van der Waals surface area contributed by atoms with E-state index in [0.29, 0.717) is 5.56 Å². The summed E-state index contributed by atoms with van der Waals surface area (Å²) in [4.78, 5) is 7.80. The minimum absolute atomic E-state index is 0.675. The maximum Gasteiger partial charge on any atom is 0.416 e. The quantitative estimate of drug-likeness (QED) is 0.262. The Balaban J connectivity index is 1.80. The van der Waals surface area contributed by atoms with E-state index in [1.807, 2.05) is 42.6 Å². The summed E-state index contributed by atoms with van der Waals surface area (Å²) in [6.45, 7) is 0. The molecular formula is C24H13Br2F3N2. The highest BCUT2D eigenvalue weighted by atomic mass is 79.9. The van der Waals surface area contributed by atoms with Gasteiger partial charge in [0, 0.05) is 54.5 Å². The van der Waals surface area contributed by atoms with Crippen LogP contribution in [0, 0.1) is 0 Å². The average Bonchev–Trinajstić information content (AvgIpc) is 3.33. The molecule has 2 heterocycles. The molecule has 1 aromatic heterocycles. The lowest BCUT2D eigenvalue weighted by Gasteiger charge is -2.14. The molecule has 0 unspecified atom stereocenters. The maximum atomic E-state index is 13.1. The average molecular weight is 546 g/mol. The number of nitrogens with one attached hydrogen (secondary N) is 1. The topological polar surface area (TPSA) is 28.1 Å². The van der Waals surface area contributed by atoms with Crippen molar-refractivity contribution in [2.45, 2.75) is 6.18 Å². The third-order valence-electron chi connectivity index (χ3n) is 5.26. The first-order valence-corrected chi connectivity index (χ1v) is 10.9. The second-order valence-electron chi connectivity index (χ2n) is 7.18. The number of fused-ring (bicyclic) bond motifs is 2. The van der Waals surface area contributed by atoms with Crippen molar-refractivity contribution in [1.29, 1.82) is 0 Å². The number of rotatable bonds is 2. The Labute approximate surface area is 192 Å². The highest BCUT2D eigenvalue weighted by Gasteiger charge is 2.30. The summed E-state index contributed by atoms with van der Waals surface area (Å²) in [6.07, 6.45) is -0.717. The van der Waals surface area contributed by atoms with Crippen molar-refractivity contribution in [2.24, 2.45) is 4.99 Å². The standard InChI is InChI=1S/C24H13Br2F3N2/c25-15-5-7-21-17(9-15)19(11-30-21)23(13-1-3-14(4-2-13)24(27,28)29)20-12-31-22-8-6-16(26)10-18(20)22/h1-12,30H/b23-20-. The van der Waals surface area contributed by atoms with Crippen LogP contribution in [0.3, 0.4) is 0 Å². The molecule has 0 saturated heterocycles. The van der Waals surface area contributed by atoms with Gasteiger partial charge >= 0.3 is 6.18 Å². The van der Waals surface area contributed by atoms with Gasteiger partial charge in [0.25, 0.3) is 0 Å². The molecule has 154 valence electrons. The Bertz CT molecular complexity index is 1380. The second-order valence-corrected chi connectivity index (χ2v) is 9.01. The zero-order chi connectivity index (χ0) is 21.8. The first-order valence-electron chi connectivity index (χ1n) is 9.34. The molecule has 0 fully saturated rings. The SMILES string of the molecule is FC(F)(F)c1ccc(/C(=C2\C=Nc3ccc(Br)cc32)c2c[nH]c3ccc(Br)cc23)cc1. The summed E-state index contributed by atoms with van der Waals surface area (Å²) in [5.74, 6) is 0. The van der Waals surface area contributed by atoms with Gasteiger partial charge in [-0.25, -0.2) is 0 Å². The largest absolute Gasteiger partial charge is 0.416 e. The van der Waals surface area contributed by atoms with Gasteiger partial charge in [0.1, 0.15) is 0 Å². The lowest BCUT2D eigenvalue weighted by Crippen LogP contribution is -2.04. The number of nitrogens with zero attached hydrogens (tertiary/aromatic N) is 1. The fraction of sp³-hybridized carbons (Fsp3) is 0.0417. The molecule has 0 radical (unpaired) electrons. The summed E-state index contributed by atoms with van der Waals surface area (Å²) in [5.41, 5.74) is 5.26. The van der Waals surface area contributed by atoms with Crippen LogP contribution in [0.25, 0.3) is 22.0 Å². The summed E-state index contributed by atoms with van der Waals surface area (Å²) < 4.78 is 41.2. The van der Waals surface area contributed by atoms with Crippen molar-refractivity contribution >= 4 is 65.8 Å². The fourth-order valence-electron chi connectivity index (χ4n) is 3.82. The van der Waals surface area contributed by atoms with E-state index in [2.05, 4.69) is 41.8 Å². The molecule has 2 nitrogen and oxygen atoms in total. The number of alkyl halides is 3. The Morgan fingerprint density at radius 2 is 1.58 bits per heavy atom. The number of halogens is 5. The van der Waals surface area contributed by atoms with Gasteiger partial charge in [0.05, 0.1) is 11.3 Å². The first-order chi connectivity index (χ1) is 14.8. The molecular weight excluding hydrogens is 533 g/mol. The number of hydrogen-bond acceptors (Lipinski definition) is 1. The number of aromatic amines is 1. The van der Waals surface area contributed by atoms with Gasteiger partial charge in [-0.2, -0.15) is 13.2 Å². The van der Waals surface area contributed by atoms with E-state index in [0.717, 1.165) is 59.9 Å². The van der Waals surface area contributed by atoms with Gasteiger partial charge in [-0.05, 0) is 54.1 Å². The Kier molecular flexibility index (Phi) is 4.90. The maximum absolute atomic E-state index is 13.1. The highest BCUT2D eigenvalue weighted by Crippen LogP contribution is 2.42. The Morgan fingerprint density at radius 3 is 2.32 bits per heavy atom. The molecule has 31 heavy (non-hydrogen) atoms. The van der Waals surface area contributed by atoms with Crippen LogP contribution in [-0.4, -0.2) is 11.2 Å². The van der Waals surface area contributed by atoms with Gasteiger partial charge < -0.3 is 4.98 Å². The van der Waals surface area contributed by atoms with Gasteiger partial charge in [-0.1, -0.05) is 44.0 Å². The minimum atomic E-state index is -4.39. The van der Waals surface area contributed by atoms with Crippen LogP contribution in [0.2, 0.25) is 0 Å². The van der Waals surface area contributed by atoms with Gasteiger partial charge in [0.2, 0.25) is 0 Å². The van der Waals surface area contributed by atoms with E-state index < -0.39 is 11.7 Å². The smallest absolute Gasteiger partial charge is 0.361 e. The molecule has 5 rings (SSSR count). The van der Waals surface area contributed by atoms with Crippen molar-refractivity contribution < 1.29 is 13.2 Å². The lowest BCUT2D eigenvalue weighted by atomic mass is 9.89. The van der Waals surface area contributed by atoms with Crippen molar-refractivity contribution in [3.63, 3.8) is 0 Å². The molecule has 0 atom stereocenters. The predicted octanol–water partition coefficient (Wildman–Crippen LogP) is 8.39. The normalized spacial score (nSPS) is 14.9. The molecule has 3 aromatic carbocycles. The Morgan fingerprint density at radius 1 is 0.871 bits per heavy atom. The van der Waals surface area contributed by atoms with Gasteiger partial charge in [-0.15, -0.1) is 0 Å². The molecule has 0 aliphatic carbocycles. The fourth-order valence-corrected chi connectivity index (χ4v) is 4.54. The summed E-state index contributed by atoms with van der Waals surface area (Å²) in [5, 5.41) is 0.966. The highest BCUT2D eigenvalue weighted by molar-refractivity contribution is 9.10. The Hall–Kier alpha value is -2.64. The van der Waals surface area contributed by atoms with Gasteiger partial charge in [-0.3, -0.25) is 4.99 Å². The molecule has 0 bridgehead atoms. The molecule has 1 aliphatic rings. The van der Waals surface area contributed by atoms with E-state index >= 15 is 0 Å². The predicted molar refractivity (Wildman–Crippen MR) is 126 cm³/mol. The number of H-pyrrole nitrogens is 1. The van der Waals surface area contributed by atoms with Crippen LogP contribution in [0.15, 0.2) is 80.8 Å². The number of allylic oxidation sites excluding steroid dienone is 1. The molecule has 0 saturated carbocycles. The first kappa shape index (κ1) is 20.3. The van der Waals surface area contributed by atoms with Crippen LogP contribution in [0.1, 0.15) is 22.3 Å². The van der Waals surface area contributed by atoms with E-state index in [1.165, 1.54) is 12.1 Å². The van der Waals surface area contributed by atoms with Crippen LogP contribution in [0.5, 0.6) is 0 Å². The van der Waals surface area contributed by atoms with E-state index in [9.17, 15) is 13.2 Å². The zero-order valence-electron chi connectivity index (χ0n) is 15.8. The minimum Gasteiger partial charge on any atom is -0.361 e. The summed E-state index contributed by atoms with van der Waals surface area (Å²) in [7, 11) is 0. The summed E-state index contributed by atoms with van der Waals surface area (Å²) in [6, 6.07) is 17.0. The van der Waals surface area contributed by atoms with Crippen molar-refractivity contribution in [3.05, 3.63) is 98.1 Å². The monoisotopic (exact) mass is 544 g/mol. The molecule has 1 N–H and O–H groups in total. The zero-order valence-corrected chi connectivity index (χ0v) is 18.9. The molecule has 7 heteroatoms. The van der Waals surface area contributed by atoms with Crippen molar-refractivity contribution in [3.8, 4) is 0 Å². The molecule has 0 spiro atoms. The van der Waals surface area contributed by atoms with Crippen LogP contribution in [0.4, 0.5) is 18.9 Å². The molecule has 4 aromatic rings. The van der Waals surface area contributed by atoms with E-state index in [4.69, 9.17) is 0 Å². The van der Waals surface area contributed by atoms with Crippen LogP contribution >= 0.6 is 31.9 Å². The van der Waals surface area contributed by atoms with E-state index in [1.54, 1.807) is 6.21 Å². The third-order valence-corrected chi connectivity index (χ3v) is 6.25. The lowest BCUT2D eigenvalue weighted by molar-refractivity contribution is -0.137. The number of hydrogen-bond donors (Lipinski definition) is 1. The third kappa shape index (κ3) is 3.66.